The first-order valence-electron chi connectivity index (χ1n) is 12.5. The van der Waals surface area contributed by atoms with Crippen molar-refractivity contribution in [3.8, 4) is 0 Å². The zero-order valence-electron chi connectivity index (χ0n) is 20.6. The molecule has 190 valence electrons. The van der Waals surface area contributed by atoms with Gasteiger partial charge in [0, 0.05) is 20.1 Å². The normalized spacial score (nSPS) is 19.2. The fourth-order valence-corrected chi connectivity index (χ4v) is 4.90. The van der Waals surface area contributed by atoms with E-state index in [1.54, 1.807) is 12.1 Å². The van der Waals surface area contributed by atoms with Crippen molar-refractivity contribution in [2.45, 2.75) is 38.0 Å². The number of benzene rings is 3. The van der Waals surface area contributed by atoms with Crippen molar-refractivity contribution in [1.29, 1.82) is 0 Å². The van der Waals surface area contributed by atoms with E-state index in [0.29, 0.717) is 13.2 Å². The van der Waals surface area contributed by atoms with Gasteiger partial charge in [0.1, 0.15) is 18.5 Å². The van der Waals surface area contributed by atoms with Crippen molar-refractivity contribution < 1.29 is 23.8 Å². The van der Waals surface area contributed by atoms with Crippen LogP contribution in [0.4, 0.5) is 4.39 Å². The number of aliphatic hydroxyl groups excluding tert-OH is 1. The molecule has 1 fully saturated rings. The maximum atomic E-state index is 13.5. The topological polar surface area (TPSA) is 59.0 Å². The molecule has 0 radical (unpaired) electrons. The molecule has 36 heavy (non-hydrogen) atoms. The zero-order chi connectivity index (χ0) is 25.3. The van der Waals surface area contributed by atoms with Gasteiger partial charge >= 0.3 is 5.97 Å². The van der Waals surface area contributed by atoms with E-state index in [1.807, 2.05) is 36.4 Å². The third kappa shape index (κ3) is 7.00. The van der Waals surface area contributed by atoms with Gasteiger partial charge in [0.05, 0.1) is 12.1 Å². The molecule has 3 aromatic rings. The van der Waals surface area contributed by atoms with E-state index in [1.165, 1.54) is 19.1 Å². The monoisotopic (exact) mass is 491 g/mol. The van der Waals surface area contributed by atoms with E-state index in [4.69, 9.17) is 9.47 Å². The molecule has 3 aromatic carbocycles. The van der Waals surface area contributed by atoms with Crippen LogP contribution in [0.1, 0.15) is 48.6 Å². The number of likely N-dealkylation sites (tertiary alicyclic amines) is 1. The van der Waals surface area contributed by atoms with E-state index in [2.05, 4.69) is 29.2 Å². The third-order valence-corrected chi connectivity index (χ3v) is 6.87. The average Bonchev–Trinajstić information content (AvgIpc) is 2.89. The Balaban J connectivity index is 1.36. The quantitative estimate of drug-likeness (QED) is 0.390. The van der Waals surface area contributed by atoms with Gasteiger partial charge in [-0.05, 0) is 54.1 Å². The first-order valence-corrected chi connectivity index (χ1v) is 12.5. The lowest BCUT2D eigenvalue weighted by Gasteiger charge is -2.40. The number of hydrogen-bond acceptors (Lipinski definition) is 5. The molecule has 0 spiro atoms. The predicted octanol–water partition coefficient (Wildman–Crippen LogP) is 5.31. The summed E-state index contributed by atoms with van der Waals surface area (Å²) in [4.78, 5) is 13.6. The average molecular weight is 492 g/mol. The minimum atomic E-state index is -0.533. The summed E-state index contributed by atoms with van der Waals surface area (Å²) in [6, 6.07) is 26.4. The molecule has 0 saturated carbocycles. The van der Waals surface area contributed by atoms with Crippen LogP contribution in [-0.2, 0) is 14.3 Å². The Labute approximate surface area is 212 Å². The molecule has 1 aliphatic heterocycles. The van der Waals surface area contributed by atoms with E-state index in [-0.39, 0.29) is 36.5 Å². The number of esters is 1. The van der Waals surface area contributed by atoms with Crippen LogP contribution in [0, 0.1) is 11.7 Å². The van der Waals surface area contributed by atoms with Gasteiger partial charge in [-0.15, -0.1) is 0 Å². The molecule has 0 bridgehead atoms. The Hall–Kier alpha value is -3.06. The fraction of sp³-hybridized carbons (Fsp3) is 0.367. The summed E-state index contributed by atoms with van der Waals surface area (Å²) >= 11 is 0. The van der Waals surface area contributed by atoms with Crippen molar-refractivity contribution in [1.82, 2.24) is 4.90 Å². The second-order valence-corrected chi connectivity index (χ2v) is 9.34. The summed E-state index contributed by atoms with van der Waals surface area (Å²) in [5.41, 5.74) is 3.07. The molecule has 1 aliphatic rings. The van der Waals surface area contributed by atoms with Gasteiger partial charge in [-0.25, -0.2) is 4.39 Å². The summed E-state index contributed by atoms with van der Waals surface area (Å²) in [5, 5.41) is 11.0. The summed E-state index contributed by atoms with van der Waals surface area (Å²) < 4.78 is 25.1. The number of aliphatic hydroxyl groups is 1. The second-order valence-electron chi connectivity index (χ2n) is 9.34. The van der Waals surface area contributed by atoms with E-state index >= 15 is 0 Å². The molecule has 6 heteroatoms. The predicted molar refractivity (Wildman–Crippen MR) is 137 cm³/mol. The van der Waals surface area contributed by atoms with Gasteiger partial charge in [0.25, 0.3) is 0 Å². The second kappa shape index (κ2) is 12.8. The largest absolute Gasteiger partial charge is 0.464 e. The molecule has 0 unspecified atom stereocenters. The highest BCUT2D eigenvalue weighted by Crippen LogP contribution is 2.31. The molecule has 1 N–H and O–H groups in total. The lowest BCUT2D eigenvalue weighted by molar-refractivity contribution is -0.143. The highest BCUT2D eigenvalue weighted by atomic mass is 19.1. The highest BCUT2D eigenvalue weighted by molar-refractivity contribution is 5.65. The SMILES string of the molecule is CC(=O)OC[C@H](c1ccc(F)cc1)N1CC[C@@H](CCOC(c2ccccc2)c2ccccc2)[C@H](O)C1. The van der Waals surface area contributed by atoms with Crippen molar-refractivity contribution in [2.75, 3.05) is 26.3 Å². The van der Waals surface area contributed by atoms with Gasteiger partial charge in [-0.2, -0.15) is 0 Å². The maximum Gasteiger partial charge on any atom is 0.302 e. The number of nitrogens with zero attached hydrogens (tertiary/aromatic N) is 1. The van der Waals surface area contributed by atoms with Gasteiger partial charge in [-0.1, -0.05) is 72.8 Å². The summed E-state index contributed by atoms with van der Waals surface area (Å²) in [6.07, 6.45) is 0.853. The van der Waals surface area contributed by atoms with Crippen molar-refractivity contribution in [3.05, 3.63) is 107 Å². The number of hydrogen-bond donors (Lipinski definition) is 1. The third-order valence-electron chi connectivity index (χ3n) is 6.87. The maximum absolute atomic E-state index is 13.5. The van der Waals surface area contributed by atoms with E-state index in [9.17, 15) is 14.3 Å². The number of carbonyl (C=O) groups is 1. The van der Waals surface area contributed by atoms with E-state index in [0.717, 1.165) is 36.1 Å². The highest BCUT2D eigenvalue weighted by Gasteiger charge is 2.32. The van der Waals surface area contributed by atoms with Crippen LogP contribution in [0.2, 0.25) is 0 Å². The summed E-state index contributed by atoms with van der Waals surface area (Å²) in [6.45, 7) is 3.27. The number of piperidine rings is 1. The van der Waals surface area contributed by atoms with Gasteiger partial charge in [0.15, 0.2) is 0 Å². The van der Waals surface area contributed by atoms with Crippen molar-refractivity contribution >= 4 is 5.97 Å². The lowest BCUT2D eigenvalue weighted by atomic mass is 9.89. The molecule has 0 aromatic heterocycles. The van der Waals surface area contributed by atoms with Crippen LogP contribution in [0.5, 0.6) is 0 Å². The molecule has 0 amide bonds. The fourth-order valence-electron chi connectivity index (χ4n) is 4.90. The minimum Gasteiger partial charge on any atom is -0.464 e. The summed E-state index contributed by atoms with van der Waals surface area (Å²) in [5.74, 6) is -0.565. The Morgan fingerprint density at radius 1 is 0.972 bits per heavy atom. The van der Waals surface area contributed by atoms with Crippen LogP contribution in [0.3, 0.4) is 0 Å². The van der Waals surface area contributed by atoms with E-state index < -0.39 is 6.10 Å². The van der Waals surface area contributed by atoms with Crippen molar-refractivity contribution in [3.63, 3.8) is 0 Å². The smallest absolute Gasteiger partial charge is 0.302 e. The molecular formula is C30H34FNO4. The molecular weight excluding hydrogens is 457 g/mol. The van der Waals surface area contributed by atoms with Crippen LogP contribution >= 0.6 is 0 Å². The minimum absolute atomic E-state index is 0.107. The zero-order valence-corrected chi connectivity index (χ0v) is 20.6. The summed E-state index contributed by atoms with van der Waals surface area (Å²) in [7, 11) is 0. The molecule has 5 nitrogen and oxygen atoms in total. The van der Waals surface area contributed by atoms with Crippen molar-refractivity contribution in [2.24, 2.45) is 5.92 Å². The standard InChI is InChI=1S/C30H34FNO4/c1-22(33)36-21-28(23-12-14-27(31)15-13-23)32-18-16-24(29(34)20-32)17-19-35-30(25-8-4-2-5-9-25)26-10-6-3-7-11-26/h2-15,24,28-30,34H,16-21H2,1H3/t24-,28+,29+/m0/s1. The van der Waals surface area contributed by atoms with Gasteiger partial charge < -0.3 is 14.6 Å². The molecule has 3 atom stereocenters. The number of carbonyl (C=O) groups excluding carboxylic acids is 1. The molecule has 1 saturated heterocycles. The number of rotatable bonds is 10. The number of β-amino-alcohol motifs (C(OH)–C–C–N with tert-alkyl or cyclic N) is 1. The number of ether oxygens (including phenoxy) is 2. The Kier molecular flexibility index (Phi) is 9.23. The molecule has 4 rings (SSSR count). The molecule has 0 aliphatic carbocycles. The first kappa shape index (κ1) is 26.0. The van der Waals surface area contributed by atoms with Gasteiger partial charge in [-0.3, -0.25) is 9.69 Å². The van der Waals surface area contributed by atoms with Crippen LogP contribution in [0.25, 0.3) is 0 Å². The van der Waals surface area contributed by atoms with Crippen LogP contribution < -0.4 is 0 Å². The first-order chi connectivity index (χ1) is 17.5. The Morgan fingerprint density at radius 3 is 2.14 bits per heavy atom. The Morgan fingerprint density at radius 2 is 1.58 bits per heavy atom. The van der Waals surface area contributed by atoms with Crippen LogP contribution in [0.15, 0.2) is 84.9 Å². The van der Waals surface area contributed by atoms with Crippen LogP contribution in [-0.4, -0.2) is 48.4 Å². The van der Waals surface area contributed by atoms with Gasteiger partial charge in [0.2, 0.25) is 0 Å². The number of halogens is 1. The lowest BCUT2D eigenvalue weighted by Crippen LogP contribution is -2.46. The Bertz CT molecular complexity index is 1040. The molecule has 1 heterocycles.